The van der Waals surface area contributed by atoms with Crippen LogP contribution in [0.4, 0.5) is 0 Å². The van der Waals surface area contributed by atoms with Crippen LogP contribution in [0.15, 0.2) is 28.7 Å². The van der Waals surface area contributed by atoms with E-state index in [1.807, 2.05) is 24.3 Å². The number of benzene rings is 1. The van der Waals surface area contributed by atoms with Crippen molar-refractivity contribution in [2.24, 2.45) is 10.8 Å². The monoisotopic (exact) mass is 352 g/mol. The smallest absolute Gasteiger partial charge is 0.316 e. The fraction of sp³-hybridized carbons (Fsp3) is 0.500. The maximum atomic E-state index is 12.3. The molecule has 0 aromatic heterocycles. The lowest BCUT2D eigenvalue weighted by Crippen LogP contribution is -2.47. The predicted octanol–water partition coefficient (Wildman–Crippen LogP) is 3.18. The van der Waals surface area contributed by atoms with Gasteiger partial charge < -0.3 is 9.47 Å². The second-order valence-electron chi connectivity index (χ2n) is 6.76. The zero-order chi connectivity index (χ0) is 15.6. The number of hydrogen-bond donors (Lipinski definition) is 0. The third-order valence-electron chi connectivity index (χ3n) is 4.74. The number of halogens is 1. The molecule has 0 amide bonds. The Bertz CT molecular complexity index is 630. The molecule has 0 N–H and O–H groups in total. The van der Waals surface area contributed by atoms with Crippen LogP contribution in [0, 0.1) is 10.8 Å². The summed E-state index contributed by atoms with van der Waals surface area (Å²) in [5.74, 6) is -0.674. The van der Waals surface area contributed by atoms with E-state index in [-0.39, 0.29) is 11.9 Å². The summed E-state index contributed by atoms with van der Waals surface area (Å²) >= 11 is 3.39. The minimum absolute atomic E-state index is 0.337. The number of hydrogen-bond acceptors (Lipinski definition) is 4. The Morgan fingerprint density at radius 3 is 2.14 bits per heavy atom. The average Bonchev–Trinajstić information content (AvgIpc) is 2.73. The maximum absolute atomic E-state index is 12.3. The minimum Gasteiger partial charge on any atom is -0.456 e. The average molecular weight is 353 g/mol. The van der Waals surface area contributed by atoms with Crippen molar-refractivity contribution in [1.29, 1.82) is 0 Å². The van der Waals surface area contributed by atoms with Gasteiger partial charge in [0.2, 0.25) is 0 Å². The predicted molar refractivity (Wildman–Crippen MR) is 79.4 cm³/mol. The van der Waals surface area contributed by atoms with E-state index in [2.05, 4.69) is 15.9 Å². The molecule has 2 aliphatic rings. The van der Waals surface area contributed by atoms with E-state index in [1.165, 1.54) is 0 Å². The first kappa shape index (κ1) is 14.6. The topological polar surface area (TPSA) is 52.6 Å². The van der Waals surface area contributed by atoms with Gasteiger partial charge in [-0.2, -0.15) is 0 Å². The lowest BCUT2D eigenvalue weighted by molar-refractivity contribution is -0.166. The standard InChI is InChI=1S/C16H17BrO4/c1-14(2)11-16(21-12(14)18,15(3,4)13(19)20-11)9-5-7-10(17)8-6-9/h5-8,11H,1-4H3/t11-,16+/m1/s1. The van der Waals surface area contributed by atoms with Crippen LogP contribution in [0.3, 0.4) is 0 Å². The summed E-state index contributed by atoms with van der Waals surface area (Å²) in [5.41, 5.74) is -2.10. The molecule has 112 valence electrons. The summed E-state index contributed by atoms with van der Waals surface area (Å²) in [5, 5.41) is 0. The second kappa shape index (κ2) is 4.09. The van der Waals surface area contributed by atoms with Gasteiger partial charge in [-0.25, -0.2) is 0 Å². The van der Waals surface area contributed by atoms with Gasteiger partial charge in [-0.3, -0.25) is 9.59 Å². The third kappa shape index (κ3) is 1.61. The first-order chi connectivity index (χ1) is 9.64. The molecule has 0 bridgehead atoms. The summed E-state index contributed by atoms with van der Waals surface area (Å²) in [6.07, 6.45) is -0.624. The Labute approximate surface area is 131 Å². The van der Waals surface area contributed by atoms with Gasteiger partial charge in [0.25, 0.3) is 0 Å². The van der Waals surface area contributed by atoms with Gasteiger partial charge in [0.05, 0.1) is 0 Å². The number of ether oxygens (including phenoxy) is 2. The van der Waals surface area contributed by atoms with Crippen LogP contribution < -0.4 is 0 Å². The van der Waals surface area contributed by atoms with Crippen LogP contribution in [0.2, 0.25) is 0 Å². The highest BCUT2D eigenvalue weighted by Crippen LogP contribution is 2.61. The molecule has 0 aliphatic carbocycles. The summed E-state index contributed by atoms with van der Waals surface area (Å²) in [4.78, 5) is 24.7. The van der Waals surface area contributed by atoms with Crippen molar-refractivity contribution in [3.8, 4) is 0 Å². The van der Waals surface area contributed by atoms with Crippen LogP contribution in [-0.2, 0) is 24.7 Å². The molecule has 1 aromatic rings. The molecule has 2 fully saturated rings. The summed E-state index contributed by atoms with van der Waals surface area (Å²) in [6.45, 7) is 7.06. The first-order valence-electron chi connectivity index (χ1n) is 6.84. The fourth-order valence-electron chi connectivity index (χ4n) is 3.31. The van der Waals surface area contributed by atoms with Crippen LogP contribution in [0.5, 0.6) is 0 Å². The van der Waals surface area contributed by atoms with Crippen molar-refractivity contribution in [2.75, 3.05) is 0 Å². The summed E-state index contributed by atoms with van der Waals surface area (Å²) < 4.78 is 12.3. The molecule has 21 heavy (non-hydrogen) atoms. The van der Waals surface area contributed by atoms with Gasteiger partial charge in [0.1, 0.15) is 10.8 Å². The lowest BCUT2D eigenvalue weighted by atomic mass is 9.66. The molecule has 1 aromatic carbocycles. The number of carbonyl (C=O) groups excluding carboxylic acids is 2. The Morgan fingerprint density at radius 2 is 1.57 bits per heavy atom. The van der Waals surface area contributed by atoms with Crippen molar-refractivity contribution in [1.82, 2.24) is 0 Å². The summed E-state index contributed by atoms with van der Waals surface area (Å²) in [6, 6.07) is 7.49. The molecule has 4 nitrogen and oxygen atoms in total. The van der Waals surface area contributed by atoms with Gasteiger partial charge in [0, 0.05) is 10.0 Å². The van der Waals surface area contributed by atoms with E-state index in [1.54, 1.807) is 27.7 Å². The second-order valence-corrected chi connectivity index (χ2v) is 7.68. The normalized spacial score (nSPS) is 32.5. The van der Waals surface area contributed by atoms with Gasteiger partial charge in [-0.15, -0.1) is 0 Å². The highest BCUT2D eigenvalue weighted by Gasteiger charge is 2.75. The van der Waals surface area contributed by atoms with Crippen LogP contribution in [0.25, 0.3) is 0 Å². The van der Waals surface area contributed by atoms with E-state index >= 15 is 0 Å². The van der Waals surface area contributed by atoms with Crippen LogP contribution >= 0.6 is 15.9 Å². The molecule has 0 unspecified atom stereocenters. The lowest BCUT2D eigenvalue weighted by Gasteiger charge is -2.36. The number of fused-ring (bicyclic) bond motifs is 1. The van der Waals surface area contributed by atoms with Crippen molar-refractivity contribution in [3.05, 3.63) is 34.3 Å². The van der Waals surface area contributed by atoms with Gasteiger partial charge in [-0.1, -0.05) is 28.1 Å². The molecule has 2 aliphatic heterocycles. The van der Waals surface area contributed by atoms with E-state index < -0.39 is 22.5 Å². The molecule has 0 radical (unpaired) electrons. The van der Waals surface area contributed by atoms with Crippen molar-refractivity contribution in [2.45, 2.75) is 39.4 Å². The van der Waals surface area contributed by atoms with Gasteiger partial charge in [-0.05, 0) is 39.8 Å². The minimum atomic E-state index is -1.08. The van der Waals surface area contributed by atoms with Crippen molar-refractivity contribution >= 4 is 27.9 Å². The molecule has 2 heterocycles. The number of rotatable bonds is 1. The molecule has 0 saturated carbocycles. The largest absolute Gasteiger partial charge is 0.456 e. The quantitative estimate of drug-likeness (QED) is 0.728. The fourth-order valence-corrected chi connectivity index (χ4v) is 3.57. The molecule has 0 spiro atoms. The third-order valence-corrected chi connectivity index (χ3v) is 5.27. The molecule has 5 heteroatoms. The molecular formula is C16H17BrO4. The Balaban J connectivity index is 2.26. The van der Waals surface area contributed by atoms with E-state index in [0.717, 1.165) is 10.0 Å². The highest BCUT2D eigenvalue weighted by atomic mass is 79.9. The molecule has 3 rings (SSSR count). The maximum Gasteiger partial charge on any atom is 0.316 e. The highest BCUT2D eigenvalue weighted by molar-refractivity contribution is 9.10. The van der Waals surface area contributed by atoms with E-state index in [0.29, 0.717) is 0 Å². The van der Waals surface area contributed by atoms with Crippen LogP contribution in [0.1, 0.15) is 33.3 Å². The van der Waals surface area contributed by atoms with E-state index in [4.69, 9.17) is 9.47 Å². The Hall–Kier alpha value is -1.36. The molecule has 2 saturated heterocycles. The van der Waals surface area contributed by atoms with E-state index in [9.17, 15) is 9.59 Å². The Morgan fingerprint density at radius 1 is 1.00 bits per heavy atom. The molecule has 2 atom stereocenters. The van der Waals surface area contributed by atoms with Crippen molar-refractivity contribution < 1.29 is 19.1 Å². The zero-order valence-electron chi connectivity index (χ0n) is 12.4. The molecular weight excluding hydrogens is 336 g/mol. The van der Waals surface area contributed by atoms with Gasteiger partial charge >= 0.3 is 11.9 Å². The SMILES string of the molecule is CC1(C)C(=O)O[C@@]2(c3ccc(Br)cc3)[C@@H]1OC(=O)C2(C)C. The zero-order valence-corrected chi connectivity index (χ0v) is 14.0. The number of esters is 2. The van der Waals surface area contributed by atoms with Crippen LogP contribution in [-0.4, -0.2) is 18.0 Å². The van der Waals surface area contributed by atoms with Crippen molar-refractivity contribution in [3.63, 3.8) is 0 Å². The first-order valence-corrected chi connectivity index (χ1v) is 7.64. The number of carbonyl (C=O) groups is 2. The summed E-state index contributed by atoms with van der Waals surface area (Å²) in [7, 11) is 0. The van der Waals surface area contributed by atoms with Gasteiger partial charge in [0.15, 0.2) is 11.7 Å². The Kier molecular flexibility index (Phi) is 2.84.